The van der Waals surface area contributed by atoms with Crippen molar-refractivity contribution in [2.75, 3.05) is 17.6 Å². The third kappa shape index (κ3) is 3.29. The zero-order valence-corrected chi connectivity index (χ0v) is 11.1. The van der Waals surface area contributed by atoms with Gasteiger partial charge in [-0.3, -0.25) is 0 Å². The van der Waals surface area contributed by atoms with E-state index < -0.39 is 0 Å². The standard InChI is InChI=1S/C12H21N5O/c1-12(2,3)9-15-10(13)17-11(16-9)14-6-8(18)7-4-5-7/h7-8,18H,4-6H2,1-3H3,(H3,13,14,15,16,17). The number of nitrogens with one attached hydrogen (secondary N) is 1. The van der Waals surface area contributed by atoms with E-state index in [0.717, 1.165) is 12.8 Å². The molecule has 1 saturated carbocycles. The van der Waals surface area contributed by atoms with Crippen LogP contribution in [0.15, 0.2) is 0 Å². The fourth-order valence-corrected chi connectivity index (χ4v) is 1.65. The van der Waals surface area contributed by atoms with E-state index >= 15 is 0 Å². The quantitative estimate of drug-likeness (QED) is 0.736. The number of nitrogens with zero attached hydrogens (tertiary/aromatic N) is 3. The number of rotatable bonds is 4. The Morgan fingerprint density at radius 3 is 2.56 bits per heavy atom. The van der Waals surface area contributed by atoms with Crippen LogP contribution < -0.4 is 11.1 Å². The smallest absolute Gasteiger partial charge is 0.227 e. The van der Waals surface area contributed by atoms with E-state index in [2.05, 4.69) is 20.3 Å². The lowest BCUT2D eigenvalue weighted by molar-refractivity contribution is 0.164. The summed E-state index contributed by atoms with van der Waals surface area (Å²) in [5.74, 6) is 1.72. The van der Waals surface area contributed by atoms with Gasteiger partial charge in [-0.2, -0.15) is 15.0 Å². The van der Waals surface area contributed by atoms with Crippen LogP contribution in [0.2, 0.25) is 0 Å². The molecule has 6 heteroatoms. The molecule has 6 nitrogen and oxygen atoms in total. The largest absolute Gasteiger partial charge is 0.391 e. The molecule has 0 radical (unpaired) electrons. The minimum absolute atomic E-state index is 0.178. The molecule has 1 aliphatic carbocycles. The molecule has 0 saturated heterocycles. The maximum atomic E-state index is 9.78. The summed E-state index contributed by atoms with van der Waals surface area (Å²) in [5.41, 5.74) is 5.49. The molecule has 1 aliphatic rings. The molecular weight excluding hydrogens is 230 g/mol. The van der Waals surface area contributed by atoms with Crippen LogP contribution in [0.5, 0.6) is 0 Å². The molecule has 1 unspecified atom stereocenters. The fraction of sp³-hybridized carbons (Fsp3) is 0.750. The second-order valence-electron chi connectivity index (χ2n) is 5.88. The van der Waals surface area contributed by atoms with Gasteiger partial charge in [0, 0.05) is 12.0 Å². The van der Waals surface area contributed by atoms with Crippen LogP contribution in [0, 0.1) is 5.92 Å². The van der Waals surface area contributed by atoms with Crippen molar-refractivity contribution in [2.24, 2.45) is 5.92 Å². The van der Waals surface area contributed by atoms with Crippen molar-refractivity contribution < 1.29 is 5.11 Å². The summed E-state index contributed by atoms with van der Waals surface area (Å²) < 4.78 is 0. The molecule has 100 valence electrons. The Bertz CT molecular complexity index is 425. The summed E-state index contributed by atoms with van der Waals surface area (Å²) in [5, 5.41) is 12.8. The lowest BCUT2D eigenvalue weighted by Gasteiger charge is -2.18. The van der Waals surface area contributed by atoms with Gasteiger partial charge in [-0.15, -0.1) is 0 Å². The SMILES string of the molecule is CC(C)(C)c1nc(N)nc(NCC(O)C2CC2)n1. The number of aliphatic hydroxyl groups is 1. The van der Waals surface area contributed by atoms with Gasteiger partial charge in [0.25, 0.3) is 0 Å². The topological polar surface area (TPSA) is 97.0 Å². The van der Waals surface area contributed by atoms with Crippen molar-refractivity contribution in [1.29, 1.82) is 0 Å². The van der Waals surface area contributed by atoms with Crippen LogP contribution in [0.4, 0.5) is 11.9 Å². The molecule has 1 atom stereocenters. The third-order valence-electron chi connectivity index (χ3n) is 2.96. The predicted molar refractivity (Wildman–Crippen MR) is 70.2 cm³/mol. The van der Waals surface area contributed by atoms with E-state index in [4.69, 9.17) is 5.73 Å². The maximum Gasteiger partial charge on any atom is 0.227 e. The lowest BCUT2D eigenvalue weighted by Crippen LogP contribution is -2.24. The van der Waals surface area contributed by atoms with E-state index in [1.165, 1.54) is 0 Å². The molecular formula is C12H21N5O. The van der Waals surface area contributed by atoms with Crippen molar-refractivity contribution >= 4 is 11.9 Å². The van der Waals surface area contributed by atoms with Crippen LogP contribution in [0.25, 0.3) is 0 Å². The normalized spacial score (nSPS) is 17.6. The first-order valence-corrected chi connectivity index (χ1v) is 6.30. The number of aliphatic hydroxyl groups excluding tert-OH is 1. The van der Waals surface area contributed by atoms with Crippen molar-refractivity contribution in [3.8, 4) is 0 Å². The van der Waals surface area contributed by atoms with Crippen molar-refractivity contribution in [2.45, 2.75) is 45.1 Å². The average Bonchev–Trinajstić information content (AvgIpc) is 3.07. The van der Waals surface area contributed by atoms with Gasteiger partial charge >= 0.3 is 0 Å². The Kier molecular flexibility index (Phi) is 3.38. The Labute approximate surface area is 107 Å². The van der Waals surface area contributed by atoms with Crippen LogP contribution in [-0.2, 0) is 5.41 Å². The van der Waals surface area contributed by atoms with E-state index in [9.17, 15) is 5.11 Å². The first-order chi connectivity index (χ1) is 8.36. The Morgan fingerprint density at radius 2 is 2.00 bits per heavy atom. The molecule has 1 aromatic heterocycles. The molecule has 4 N–H and O–H groups in total. The van der Waals surface area contributed by atoms with Gasteiger partial charge in [-0.05, 0) is 18.8 Å². The number of hydrogen-bond donors (Lipinski definition) is 3. The van der Waals surface area contributed by atoms with Gasteiger partial charge in [-0.1, -0.05) is 20.8 Å². The van der Waals surface area contributed by atoms with Crippen LogP contribution in [0.3, 0.4) is 0 Å². The summed E-state index contributed by atoms with van der Waals surface area (Å²) >= 11 is 0. The lowest BCUT2D eigenvalue weighted by atomic mass is 9.96. The fourth-order valence-electron chi connectivity index (χ4n) is 1.65. The number of anilines is 2. The summed E-state index contributed by atoms with van der Waals surface area (Å²) in [7, 11) is 0. The van der Waals surface area contributed by atoms with Gasteiger partial charge < -0.3 is 16.2 Å². The molecule has 1 fully saturated rings. The average molecular weight is 251 g/mol. The second-order valence-corrected chi connectivity index (χ2v) is 5.88. The maximum absolute atomic E-state index is 9.78. The Balaban J connectivity index is 2.05. The third-order valence-corrected chi connectivity index (χ3v) is 2.96. The highest BCUT2D eigenvalue weighted by Gasteiger charge is 2.29. The van der Waals surface area contributed by atoms with E-state index in [0.29, 0.717) is 24.2 Å². The van der Waals surface area contributed by atoms with E-state index in [-0.39, 0.29) is 17.5 Å². The first kappa shape index (κ1) is 13.0. The molecule has 0 spiro atoms. The minimum Gasteiger partial charge on any atom is -0.391 e. The number of hydrogen-bond acceptors (Lipinski definition) is 6. The molecule has 2 rings (SSSR count). The summed E-state index contributed by atoms with van der Waals surface area (Å²) in [4.78, 5) is 12.5. The number of nitrogens with two attached hydrogens (primary N) is 1. The van der Waals surface area contributed by atoms with Crippen molar-refractivity contribution in [1.82, 2.24) is 15.0 Å². The molecule has 1 heterocycles. The number of nitrogen functional groups attached to an aromatic ring is 1. The molecule has 18 heavy (non-hydrogen) atoms. The van der Waals surface area contributed by atoms with E-state index in [1.807, 2.05) is 20.8 Å². The van der Waals surface area contributed by atoms with Gasteiger partial charge in [0.05, 0.1) is 6.10 Å². The van der Waals surface area contributed by atoms with Gasteiger partial charge in [0.1, 0.15) is 5.82 Å². The molecule has 1 aromatic rings. The zero-order chi connectivity index (χ0) is 13.3. The molecule has 0 bridgehead atoms. The molecule has 0 aliphatic heterocycles. The minimum atomic E-state index is -0.332. The Hall–Kier alpha value is -1.43. The first-order valence-electron chi connectivity index (χ1n) is 6.30. The van der Waals surface area contributed by atoms with E-state index in [1.54, 1.807) is 0 Å². The van der Waals surface area contributed by atoms with Crippen molar-refractivity contribution in [3.05, 3.63) is 5.82 Å². The van der Waals surface area contributed by atoms with Crippen molar-refractivity contribution in [3.63, 3.8) is 0 Å². The van der Waals surface area contributed by atoms with Crippen LogP contribution >= 0.6 is 0 Å². The highest BCUT2D eigenvalue weighted by atomic mass is 16.3. The highest BCUT2D eigenvalue weighted by molar-refractivity contribution is 5.32. The monoisotopic (exact) mass is 251 g/mol. The molecule has 0 amide bonds. The van der Waals surface area contributed by atoms with Crippen LogP contribution in [-0.4, -0.2) is 32.7 Å². The highest BCUT2D eigenvalue weighted by Crippen LogP contribution is 2.32. The summed E-state index contributed by atoms with van der Waals surface area (Å²) in [6.45, 7) is 6.51. The summed E-state index contributed by atoms with van der Waals surface area (Å²) in [6.07, 6.45) is 1.88. The summed E-state index contributed by atoms with van der Waals surface area (Å²) in [6, 6.07) is 0. The predicted octanol–water partition coefficient (Wildman–Crippen LogP) is 0.934. The number of aromatic nitrogens is 3. The Morgan fingerprint density at radius 1 is 1.33 bits per heavy atom. The van der Waals surface area contributed by atoms with Gasteiger partial charge in [-0.25, -0.2) is 0 Å². The van der Waals surface area contributed by atoms with Gasteiger partial charge in [0.15, 0.2) is 0 Å². The van der Waals surface area contributed by atoms with Crippen LogP contribution in [0.1, 0.15) is 39.4 Å². The zero-order valence-electron chi connectivity index (χ0n) is 11.1. The second kappa shape index (κ2) is 4.68. The van der Waals surface area contributed by atoms with Gasteiger partial charge in [0.2, 0.25) is 11.9 Å². The molecule has 0 aromatic carbocycles.